The van der Waals surface area contributed by atoms with Gasteiger partial charge in [0.1, 0.15) is 6.54 Å². The highest BCUT2D eigenvalue weighted by atomic mass is 35.5. The van der Waals surface area contributed by atoms with Gasteiger partial charge in [0, 0.05) is 37.4 Å². The summed E-state index contributed by atoms with van der Waals surface area (Å²) in [6.07, 6.45) is 4.34. The van der Waals surface area contributed by atoms with E-state index >= 15 is 0 Å². The van der Waals surface area contributed by atoms with Crippen LogP contribution in [0.1, 0.15) is 0 Å². The van der Waals surface area contributed by atoms with Gasteiger partial charge in [-0.15, -0.1) is 12.4 Å². The first-order valence-electron chi connectivity index (χ1n) is 7.24. The number of hydrogen-bond donors (Lipinski definition) is 1. The zero-order valence-corrected chi connectivity index (χ0v) is 14.1. The molecule has 0 aliphatic carbocycles. The Morgan fingerprint density at radius 1 is 1.08 bits per heavy atom. The minimum absolute atomic E-state index is 0. The standard InChI is InChI=1S/C17H15N3O4.ClH/c1-18(12-5-3-2-4-6-12)14(22)11-20-10-9-19-8-7-13(21)16(23)15(19)17(20)24;/h2-10,23H,11H2,1H3;1H. The summed E-state index contributed by atoms with van der Waals surface area (Å²) in [4.78, 5) is 37.8. The summed E-state index contributed by atoms with van der Waals surface area (Å²) >= 11 is 0. The lowest BCUT2D eigenvalue weighted by Gasteiger charge is -2.18. The molecule has 0 bridgehead atoms. The molecule has 1 N–H and O–H groups in total. The second-order valence-electron chi connectivity index (χ2n) is 5.30. The Bertz CT molecular complexity index is 1030. The molecule has 130 valence electrons. The highest BCUT2D eigenvalue weighted by molar-refractivity contribution is 5.92. The molecule has 1 amide bonds. The Morgan fingerprint density at radius 3 is 2.44 bits per heavy atom. The van der Waals surface area contributed by atoms with E-state index in [-0.39, 0.29) is 30.4 Å². The van der Waals surface area contributed by atoms with Gasteiger partial charge in [0.2, 0.25) is 11.3 Å². The molecule has 0 saturated carbocycles. The van der Waals surface area contributed by atoms with E-state index in [0.29, 0.717) is 5.69 Å². The van der Waals surface area contributed by atoms with Crippen LogP contribution in [0.2, 0.25) is 0 Å². The third kappa shape index (κ3) is 3.41. The first-order chi connectivity index (χ1) is 11.5. The Balaban J connectivity index is 0.00000225. The predicted molar refractivity (Wildman–Crippen MR) is 96.7 cm³/mol. The smallest absolute Gasteiger partial charge is 0.279 e. The average molecular weight is 362 g/mol. The summed E-state index contributed by atoms with van der Waals surface area (Å²) in [6, 6.07) is 10.2. The first kappa shape index (κ1) is 18.3. The third-order valence-corrected chi connectivity index (χ3v) is 3.80. The number of para-hydroxylation sites is 1. The molecule has 0 spiro atoms. The zero-order chi connectivity index (χ0) is 17.3. The fourth-order valence-corrected chi connectivity index (χ4v) is 2.40. The highest BCUT2D eigenvalue weighted by Gasteiger charge is 2.15. The van der Waals surface area contributed by atoms with Crippen LogP contribution in [0, 0.1) is 0 Å². The lowest BCUT2D eigenvalue weighted by Crippen LogP contribution is -2.34. The van der Waals surface area contributed by atoms with E-state index in [4.69, 9.17) is 0 Å². The monoisotopic (exact) mass is 361 g/mol. The molecule has 0 saturated heterocycles. The quantitative estimate of drug-likeness (QED) is 0.761. The van der Waals surface area contributed by atoms with Crippen molar-refractivity contribution in [3.05, 3.63) is 75.6 Å². The third-order valence-electron chi connectivity index (χ3n) is 3.80. The molecule has 0 aliphatic heterocycles. The Morgan fingerprint density at radius 2 is 1.76 bits per heavy atom. The van der Waals surface area contributed by atoms with Crippen LogP contribution in [0.3, 0.4) is 0 Å². The fraction of sp³-hybridized carbons (Fsp3) is 0.118. The number of hydrogen-bond acceptors (Lipinski definition) is 4. The van der Waals surface area contributed by atoms with Crippen molar-refractivity contribution in [2.45, 2.75) is 6.54 Å². The van der Waals surface area contributed by atoms with Crippen molar-refractivity contribution in [1.29, 1.82) is 0 Å². The molecule has 0 radical (unpaired) electrons. The maximum atomic E-state index is 12.5. The van der Waals surface area contributed by atoms with Crippen LogP contribution in [0.4, 0.5) is 5.69 Å². The molecule has 0 unspecified atom stereocenters. The molecule has 1 aromatic carbocycles. The van der Waals surface area contributed by atoms with Gasteiger partial charge >= 0.3 is 0 Å². The molecule has 3 rings (SSSR count). The lowest BCUT2D eigenvalue weighted by molar-refractivity contribution is -0.118. The van der Waals surface area contributed by atoms with Gasteiger partial charge in [-0.1, -0.05) is 18.2 Å². The van der Waals surface area contributed by atoms with Gasteiger partial charge in [-0.2, -0.15) is 0 Å². The van der Waals surface area contributed by atoms with Crippen LogP contribution in [-0.2, 0) is 11.3 Å². The Kier molecular flexibility index (Phi) is 5.29. The van der Waals surface area contributed by atoms with Crippen LogP contribution in [0.25, 0.3) is 5.52 Å². The summed E-state index contributed by atoms with van der Waals surface area (Å²) in [5, 5.41) is 9.84. The van der Waals surface area contributed by atoms with Gasteiger partial charge < -0.3 is 19.0 Å². The average Bonchev–Trinajstić information content (AvgIpc) is 2.60. The number of nitrogens with zero attached hydrogens (tertiary/aromatic N) is 3. The van der Waals surface area contributed by atoms with Gasteiger partial charge in [0.25, 0.3) is 5.56 Å². The van der Waals surface area contributed by atoms with Crippen molar-refractivity contribution in [2.24, 2.45) is 0 Å². The summed E-state index contributed by atoms with van der Waals surface area (Å²) in [6.45, 7) is -0.205. The number of rotatable bonds is 3. The minimum atomic E-state index is -0.641. The van der Waals surface area contributed by atoms with Crippen molar-refractivity contribution in [3.63, 3.8) is 0 Å². The topological polar surface area (TPSA) is 84.0 Å². The molecule has 2 heterocycles. The highest BCUT2D eigenvalue weighted by Crippen LogP contribution is 2.12. The van der Waals surface area contributed by atoms with E-state index in [1.165, 1.54) is 34.0 Å². The molecule has 0 atom stereocenters. The zero-order valence-electron chi connectivity index (χ0n) is 13.3. The van der Waals surface area contributed by atoms with E-state index in [2.05, 4.69) is 0 Å². The number of aromatic hydroxyl groups is 1. The van der Waals surface area contributed by atoms with Gasteiger partial charge in [-0.25, -0.2) is 0 Å². The molecule has 0 aliphatic rings. The fourth-order valence-electron chi connectivity index (χ4n) is 2.40. The molecule has 2 aromatic heterocycles. The summed E-state index contributed by atoms with van der Waals surface area (Å²) in [5.41, 5.74) is -0.698. The van der Waals surface area contributed by atoms with Crippen LogP contribution in [-0.4, -0.2) is 27.0 Å². The van der Waals surface area contributed by atoms with E-state index in [1.54, 1.807) is 19.2 Å². The van der Waals surface area contributed by atoms with Crippen molar-refractivity contribution >= 4 is 29.5 Å². The van der Waals surface area contributed by atoms with Gasteiger partial charge in [-0.05, 0) is 12.1 Å². The van der Waals surface area contributed by atoms with Gasteiger partial charge in [0.15, 0.2) is 11.3 Å². The number of aromatic nitrogens is 2. The van der Waals surface area contributed by atoms with E-state index < -0.39 is 16.7 Å². The normalized spacial score (nSPS) is 10.3. The molecule has 8 heteroatoms. The molecule has 7 nitrogen and oxygen atoms in total. The van der Waals surface area contributed by atoms with E-state index in [9.17, 15) is 19.5 Å². The number of anilines is 1. The van der Waals surface area contributed by atoms with Crippen molar-refractivity contribution in [3.8, 4) is 5.75 Å². The number of halogens is 1. The summed E-state index contributed by atoms with van der Waals surface area (Å²) in [5.74, 6) is -0.925. The van der Waals surface area contributed by atoms with Crippen molar-refractivity contribution in [1.82, 2.24) is 8.97 Å². The maximum absolute atomic E-state index is 12.5. The number of amides is 1. The number of fused-ring (bicyclic) bond motifs is 1. The van der Waals surface area contributed by atoms with E-state index in [0.717, 1.165) is 4.57 Å². The molecule has 3 aromatic rings. The van der Waals surface area contributed by atoms with E-state index in [1.807, 2.05) is 18.2 Å². The number of likely N-dealkylation sites (N-methyl/N-ethyl adjacent to an activating group) is 1. The second-order valence-corrected chi connectivity index (χ2v) is 5.30. The second kappa shape index (κ2) is 7.23. The number of carbonyl (C=O) groups is 1. The number of benzene rings is 1. The number of pyridine rings is 1. The van der Waals surface area contributed by atoms with Crippen LogP contribution in [0.15, 0.2) is 64.6 Å². The van der Waals surface area contributed by atoms with Crippen LogP contribution in [0.5, 0.6) is 5.75 Å². The maximum Gasteiger partial charge on any atom is 0.279 e. The minimum Gasteiger partial charge on any atom is -0.503 e. The van der Waals surface area contributed by atoms with Crippen LogP contribution >= 0.6 is 12.4 Å². The van der Waals surface area contributed by atoms with Crippen LogP contribution < -0.4 is 15.9 Å². The molecule has 0 fully saturated rings. The Labute approximate surface area is 148 Å². The number of carbonyl (C=O) groups excluding carboxylic acids is 1. The first-order valence-corrected chi connectivity index (χ1v) is 7.24. The molecular formula is C17H16ClN3O4. The molecule has 25 heavy (non-hydrogen) atoms. The molecular weight excluding hydrogens is 346 g/mol. The lowest BCUT2D eigenvalue weighted by atomic mass is 10.3. The summed E-state index contributed by atoms with van der Waals surface area (Å²) < 4.78 is 2.51. The summed E-state index contributed by atoms with van der Waals surface area (Å²) in [7, 11) is 1.62. The van der Waals surface area contributed by atoms with Crippen molar-refractivity contribution < 1.29 is 9.90 Å². The predicted octanol–water partition coefficient (Wildman–Crippen LogP) is 1.25. The largest absolute Gasteiger partial charge is 0.503 e. The van der Waals surface area contributed by atoms with Gasteiger partial charge in [0.05, 0.1) is 0 Å². The van der Waals surface area contributed by atoms with Crippen molar-refractivity contribution in [2.75, 3.05) is 11.9 Å². The van der Waals surface area contributed by atoms with Gasteiger partial charge in [-0.3, -0.25) is 14.4 Å². The Hall–Kier alpha value is -3.06. The SMILES string of the molecule is CN(C(=O)Cn1ccn2ccc(=O)c(O)c2c1=O)c1ccccc1.Cl.